The van der Waals surface area contributed by atoms with Gasteiger partial charge in [-0.15, -0.1) is 0 Å². The van der Waals surface area contributed by atoms with Crippen LogP contribution in [0.5, 0.6) is 5.75 Å². The fraction of sp³-hybridized carbons (Fsp3) is 0.630. The van der Waals surface area contributed by atoms with Crippen LogP contribution in [0.25, 0.3) is 0 Å². The van der Waals surface area contributed by atoms with Gasteiger partial charge in [0.25, 0.3) is 0 Å². The molecule has 0 aromatic heterocycles. The molecule has 3 rings (SSSR count). The smallest absolute Gasteiger partial charge is 0.160 e. The van der Waals surface area contributed by atoms with Crippen LogP contribution >= 0.6 is 0 Å². The summed E-state index contributed by atoms with van der Waals surface area (Å²) < 4.78 is 5.24. The van der Waals surface area contributed by atoms with Crippen molar-refractivity contribution in [3.63, 3.8) is 0 Å². The number of carbonyl (C=O) groups is 2. The highest BCUT2D eigenvalue weighted by Gasteiger charge is 2.22. The van der Waals surface area contributed by atoms with Crippen LogP contribution in [0.1, 0.15) is 76.2 Å². The third kappa shape index (κ3) is 7.83. The summed E-state index contributed by atoms with van der Waals surface area (Å²) in [4.78, 5) is 27.5. The zero-order valence-electron chi connectivity index (χ0n) is 19.2. The van der Waals surface area contributed by atoms with Gasteiger partial charge in [0.05, 0.1) is 7.11 Å². The van der Waals surface area contributed by atoms with Crippen molar-refractivity contribution in [2.75, 3.05) is 20.2 Å². The third-order valence-corrected chi connectivity index (χ3v) is 7.01. The Morgan fingerprint density at radius 3 is 2.13 bits per heavy atom. The van der Waals surface area contributed by atoms with E-state index in [1.54, 1.807) is 13.2 Å². The average Bonchev–Trinajstić information content (AvgIpc) is 2.84. The SMILES string of the molecule is COc1ccc(CCN(/C=C/C(=O)C2CCCCC2)CCC(=O)C2CCCCC2)cc1. The van der Waals surface area contributed by atoms with Gasteiger partial charge in [-0.2, -0.15) is 0 Å². The summed E-state index contributed by atoms with van der Waals surface area (Å²) in [5, 5.41) is 0. The molecule has 2 saturated carbocycles. The highest BCUT2D eigenvalue weighted by atomic mass is 16.5. The summed E-state index contributed by atoms with van der Waals surface area (Å²) in [6, 6.07) is 8.13. The van der Waals surface area contributed by atoms with Gasteiger partial charge in [0.15, 0.2) is 5.78 Å². The van der Waals surface area contributed by atoms with Crippen molar-refractivity contribution in [1.29, 1.82) is 0 Å². The normalized spacial score (nSPS) is 18.2. The number of hydrogen-bond donors (Lipinski definition) is 0. The number of carbonyl (C=O) groups excluding carboxylic acids is 2. The number of ketones is 2. The summed E-state index contributed by atoms with van der Waals surface area (Å²) in [5.41, 5.74) is 1.23. The minimum atomic E-state index is 0.192. The number of rotatable bonds is 11. The van der Waals surface area contributed by atoms with E-state index in [-0.39, 0.29) is 17.6 Å². The van der Waals surface area contributed by atoms with E-state index in [1.807, 2.05) is 18.3 Å². The van der Waals surface area contributed by atoms with Gasteiger partial charge in [0.2, 0.25) is 0 Å². The van der Waals surface area contributed by atoms with E-state index in [2.05, 4.69) is 17.0 Å². The number of Topliss-reactive ketones (excluding diaryl/α,β-unsaturated/α-hetero) is 1. The number of allylic oxidation sites excluding steroid dienone is 1. The second-order valence-electron chi connectivity index (χ2n) is 9.24. The monoisotopic (exact) mass is 425 g/mol. The van der Waals surface area contributed by atoms with Crippen LogP contribution in [-0.4, -0.2) is 36.7 Å². The average molecular weight is 426 g/mol. The Hall–Kier alpha value is -2.10. The quantitative estimate of drug-likeness (QED) is 0.424. The lowest BCUT2D eigenvalue weighted by Crippen LogP contribution is -2.27. The first kappa shape index (κ1) is 23.6. The Kier molecular flexibility index (Phi) is 9.64. The highest BCUT2D eigenvalue weighted by molar-refractivity contribution is 5.91. The Labute approximate surface area is 188 Å². The van der Waals surface area contributed by atoms with Crippen LogP contribution in [0.3, 0.4) is 0 Å². The molecule has 0 atom stereocenters. The molecular formula is C27H39NO3. The molecule has 0 bridgehead atoms. The summed E-state index contributed by atoms with van der Waals surface area (Å²) >= 11 is 0. The summed E-state index contributed by atoms with van der Waals surface area (Å²) in [6.45, 7) is 1.50. The minimum absolute atomic E-state index is 0.192. The number of nitrogens with zero attached hydrogens (tertiary/aromatic N) is 1. The molecule has 2 aliphatic carbocycles. The molecule has 0 spiro atoms. The van der Waals surface area contributed by atoms with Crippen LogP contribution in [0.15, 0.2) is 36.5 Å². The van der Waals surface area contributed by atoms with E-state index in [0.29, 0.717) is 18.7 Å². The van der Waals surface area contributed by atoms with Gasteiger partial charge in [-0.3, -0.25) is 9.59 Å². The molecule has 0 amide bonds. The predicted molar refractivity (Wildman–Crippen MR) is 125 cm³/mol. The van der Waals surface area contributed by atoms with Gasteiger partial charge in [-0.25, -0.2) is 0 Å². The van der Waals surface area contributed by atoms with Gasteiger partial charge in [0.1, 0.15) is 11.5 Å². The fourth-order valence-corrected chi connectivity index (χ4v) is 4.91. The van der Waals surface area contributed by atoms with Crippen molar-refractivity contribution in [3.05, 3.63) is 42.1 Å². The van der Waals surface area contributed by atoms with Crippen LogP contribution in [0.4, 0.5) is 0 Å². The van der Waals surface area contributed by atoms with Gasteiger partial charge in [0, 0.05) is 37.5 Å². The van der Waals surface area contributed by atoms with Crippen molar-refractivity contribution in [2.45, 2.75) is 77.0 Å². The molecule has 170 valence electrons. The highest BCUT2D eigenvalue weighted by Crippen LogP contribution is 2.26. The molecule has 2 aliphatic rings. The Morgan fingerprint density at radius 1 is 0.903 bits per heavy atom. The van der Waals surface area contributed by atoms with Crippen molar-refractivity contribution < 1.29 is 14.3 Å². The fourth-order valence-electron chi connectivity index (χ4n) is 4.91. The van der Waals surface area contributed by atoms with E-state index in [4.69, 9.17) is 4.74 Å². The Balaban J connectivity index is 1.56. The zero-order valence-corrected chi connectivity index (χ0v) is 19.2. The second-order valence-corrected chi connectivity index (χ2v) is 9.24. The van der Waals surface area contributed by atoms with Crippen LogP contribution < -0.4 is 4.74 Å². The summed E-state index contributed by atoms with van der Waals surface area (Å²) in [6.07, 6.45) is 16.6. The summed E-state index contributed by atoms with van der Waals surface area (Å²) in [5.74, 6) is 1.97. The third-order valence-electron chi connectivity index (χ3n) is 7.01. The lowest BCUT2D eigenvalue weighted by molar-refractivity contribution is -0.124. The Bertz CT molecular complexity index is 713. The minimum Gasteiger partial charge on any atom is -0.497 e. The molecule has 0 radical (unpaired) electrons. The lowest BCUT2D eigenvalue weighted by atomic mass is 9.85. The van der Waals surface area contributed by atoms with E-state index < -0.39 is 0 Å². The summed E-state index contributed by atoms with van der Waals surface area (Å²) in [7, 11) is 1.67. The van der Waals surface area contributed by atoms with E-state index in [9.17, 15) is 9.59 Å². The number of benzene rings is 1. The standard InChI is InChI=1S/C27H39NO3/c1-31-25-14-12-22(13-15-25)16-19-28(20-17-26(29)23-8-4-2-5-9-23)21-18-27(30)24-10-6-3-7-11-24/h12-15,17,20,23-24H,2-11,16,18-19,21H2,1H3/b20-17+. The van der Waals surface area contributed by atoms with Crippen molar-refractivity contribution in [2.24, 2.45) is 11.8 Å². The second kappa shape index (κ2) is 12.7. The molecule has 1 aromatic rings. The van der Waals surface area contributed by atoms with Crippen molar-refractivity contribution >= 4 is 11.6 Å². The van der Waals surface area contributed by atoms with Gasteiger partial charge >= 0.3 is 0 Å². The lowest BCUT2D eigenvalue weighted by Gasteiger charge is -2.24. The van der Waals surface area contributed by atoms with Crippen LogP contribution in [0.2, 0.25) is 0 Å². The maximum atomic E-state index is 12.7. The van der Waals surface area contributed by atoms with Gasteiger partial charge in [-0.05, 0) is 55.9 Å². The first-order valence-corrected chi connectivity index (χ1v) is 12.3. The molecule has 2 fully saturated rings. The molecular weight excluding hydrogens is 386 g/mol. The number of methoxy groups -OCH3 is 1. The molecule has 4 nitrogen and oxygen atoms in total. The molecule has 4 heteroatoms. The first-order chi connectivity index (χ1) is 15.2. The molecule has 0 N–H and O–H groups in total. The van der Waals surface area contributed by atoms with E-state index in [0.717, 1.165) is 44.4 Å². The largest absolute Gasteiger partial charge is 0.497 e. The molecule has 0 saturated heterocycles. The van der Waals surface area contributed by atoms with Crippen LogP contribution in [-0.2, 0) is 16.0 Å². The maximum Gasteiger partial charge on any atom is 0.160 e. The molecule has 31 heavy (non-hydrogen) atoms. The first-order valence-electron chi connectivity index (χ1n) is 12.3. The topological polar surface area (TPSA) is 46.6 Å². The molecule has 0 heterocycles. The Morgan fingerprint density at radius 2 is 1.52 bits per heavy atom. The number of hydrogen-bond acceptors (Lipinski definition) is 4. The zero-order chi connectivity index (χ0) is 21.9. The van der Waals surface area contributed by atoms with E-state index >= 15 is 0 Å². The van der Waals surface area contributed by atoms with Gasteiger partial charge < -0.3 is 9.64 Å². The molecule has 0 aliphatic heterocycles. The predicted octanol–water partition coefficient (Wildman–Crippen LogP) is 5.74. The molecule has 0 unspecified atom stereocenters. The van der Waals surface area contributed by atoms with Crippen molar-refractivity contribution in [1.82, 2.24) is 4.90 Å². The maximum absolute atomic E-state index is 12.7. The number of ether oxygens (including phenoxy) is 1. The van der Waals surface area contributed by atoms with Crippen molar-refractivity contribution in [3.8, 4) is 5.75 Å². The van der Waals surface area contributed by atoms with Crippen LogP contribution in [0, 0.1) is 11.8 Å². The molecule has 1 aromatic carbocycles. The van der Waals surface area contributed by atoms with E-state index in [1.165, 1.54) is 44.1 Å². The van der Waals surface area contributed by atoms with Gasteiger partial charge in [-0.1, -0.05) is 50.7 Å².